The minimum absolute atomic E-state index is 0.000000000000000444. The van der Waals surface area contributed by atoms with Crippen LogP contribution in [0.5, 0.6) is 11.5 Å². The zero-order valence-electron chi connectivity index (χ0n) is 8.21. The summed E-state index contributed by atoms with van der Waals surface area (Å²) in [5.41, 5.74) is -1.85. The number of aliphatic hydroxyl groups excluding tert-OH is 1. The Morgan fingerprint density at radius 1 is 1.25 bits per heavy atom. The maximum atomic E-state index is 10.8. The summed E-state index contributed by atoms with van der Waals surface area (Å²) in [6.45, 7) is 0. The number of fused-ring (bicyclic) bond motifs is 1. The normalized spacial score (nSPS) is 23.4. The Morgan fingerprint density at radius 2 is 1.94 bits per heavy atom. The number of carbonyl (C=O) groups is 1. The second-order valence-corrected chi connectivity index (χ2v) is 3.72. The fraction of sp³-hybridized carbons (Fsp3) is 0.182. The lowest BCUT2D eigenvalue weighted by molar-refractivity contribution is -0.124. The predicted molar refractivity (Wildman–Crippen MR) is 55.0 cm³/mol. The lowest BCUT2D eigenvalue weighted by atomic mass is 9.82. The van der Waals surface area contributed by atoms with Crippen LogP contribution in [0.3, 0.4) is 0 Å². The van der Waals surface area contributed by atoms with Crippen LogP contribution in [0.25, 0.3) is 5.76 Å². The Hall–Kier alpha value is -2.01. The molecule has 1 aliphatic carbocycles. The second kappa shape index (κ2) is 3.24. The van der Waals surface area contributed by atoms with E-state index in [0.717, 1.165) is 12.1 Å². The molecule has 0 heterocycles. The molecule has 0 saturated heterocycles. The van der Waals surface area contributed by atoms with E-state index in [1.807, 2.05) is 0 Å². The Balaban J connectivity index is 2.77. The highest BCUT2D eigenvalue weighted by Crippen LogP contribution is 2.41. The van der Waals surface area contributed by atoms with Gasteiger partial charge in [-0.15, -0.1) is 0 Å². The monoisotopic (exact) mass is 222 g/mol. The number of aliphatic hydroxyl groups is 2. The van der Waals surface area contributed by atoms with Crippen LogP contribution in [0.4, 0.5) is 0 Å². The first-order valence-corrected chi connectivity index (χ1v) is 4.62. The Morgan fingerprint density at radius 3 is 2.56 bits per heavy atom. The van der Waals surface area contributed by atoms with Crippen LogP contribution in [0.2, 0.25) is 0 Å². The molecule has 1 atom stereocenters. The Bertz CT molecular complexity index is 491. The van der Waals surface area contributed by atoms with Crippen LogP contribution in [-0.4, -0.2) is 26.7 Å². The third-order valence-electron chi connectivity index (χ3n) is 2.63. The lowest BCUT2D eigenvalue weighted by Gasteiger charge is -2.27. The quantitative estimate of drug-likeness (QED) is 0.526. The Kier molecular flexibility index (Phi) is 2.13. The summed E-state index contributed by atoms with van der Waals surface area (Å²) >= 11 is 0. The molecule has 5 nitrogen and oxygen atoms in total. The molecule has 0 fully saturated rings. The van der Waals surface area contributed by atoms with Crippen molar-refractivity contribution in [2.75, 3.05) is 0 Å². The molecule has 1 aliphatic rings. The average molecular weight is 222 g/mol. The third-order valence-corrected chi connectivity index (χ3v) is 2.63. The smallest absolute Gasteiger partial charge is 0.156 e. The van der Waals surface area contributed by atoms with Crippen LogP contribution < -0.4 is 0 Å². The molecule has 1 aromatic rings. The summed E-state index contributed by atoms with van der Waals surface area (Å²) in [6.07, 6.45) is 1.46. The van der Waals surface area contributed by atoms with E-state index < -0.39 is 5.60 Å². The fourth-order valence-corrected chi connectivity index (χ4v) is 1.80. The lowest BCUT2D eigenvalue weighted by Crippen LogP contribution is -2.30. The highest BCUT2D eigenvalue weighted by Gasteiger charge is 2.36. The molecule has 0 spiro atoms. The zero-order valence-corrected chi connectivity index (χ0v) is 8.21. The number of hydrogen-bond acceptors (Lipinski definition) is 5. The summed E-state index contributed by atoms with van der Waals surface area (Å²) in [4.78, 5) is 10.8. The van der Waals surface area contributed by atoms with E-state index >= 15 is 0 Å². The molecule has 1 aromatic carbocycles. The number of carbonyl (C=O) groups excluding carboxylic acids is 1. The van der Waals surface area contributed by atoms with Gasteiger partial charge in [-0.05, 0) is 12.1 Å². The van der Waals surface area contributed by atoms with E-state index in [2.05, 4.69) is 0 Å². The number of phenolic OH excluding ortho intramolecular Hbond substituents is 2. The van der Waals surface area contributed by atoms with E-state index in [4.69, 9.17) is 0 Å². The molecule has 1 unspecified atom stereocenters. The van der Waals surface area contributed by atoms with Crippen molar-refractivity contribution in [1.82, 2.24) is 0 Å². The highest BCUT2D eigenvalue weighted by molar-refractivity contribution is 5.79. The van der Waals surface area contributed by atoms with Crippen molar-refractivity contribution in [2.45, 2.75) is 12.0 Å². The van der Waals surface area contributed by atoms with Crippen molar-refractivity contribution in [1.29, 1.82) is 0 Å². The van der Waals surface area contributed by atoms with E-state index in [0.29, 0.717) is 6.29 Å². The van der Waals surface area contributed by atoms with Crippen LogP contribution in [-0.2, 0) is 10.4 Å². The number of hydrogen-bond donors (Lipinski definition) is 4. The van der Waals surface area contributed by atoms with Gasteiger partial charge in [0.05, 0.1) is 5.56 Å². The minimum atomic E-state index is -1.82. The van der Waals surface area contributed by atoms with Crippen molar-refractivity contribution < 1.29 is 25.2 Å². The standard InChI is InChI=1S/C11H10O5/c12-5-11(16)2-1-8(14)10-7(11)3-6(13)4-9(10)15/h1,3-5,13-16H,2H2. The number of aromatic hydroxyl groups is 2. The van der Waals surface area contributed by atoms with Gasteiger partial charge in [0.1, 0.15) is 22.9 Å². The maximum Gasteiger partial charge on any atom is 0.156 e. The molecule has 4 N–H and O–H groups in total. The van der Waals surface area contributed by atoms with Gasteiger partial charge in [0.2, 0.25) is 0 Å². The van der Waals surface area contributed by atoms with Crippen LogP contribution in [0.1, 0.15) is 17.5 Å². The van der Waals surface area contributed by atoms with Gasteiger partial charge in [-0.1, -0.05) is 0 Å². The van der Waals surface area contributed by atoms with E-state index in [1.54, 1.807) is 0 Å². The summed E-state index contributed by atoms with van der Waals surface area (Å²) in [7, 11) is 0. The van der Waals surface area contributed by atoms with Gasteiger partial charge in [-0.3, -0.25) is 4.79 Å². The molecule has 2 rings (SSSR count). The molecule has 0 amide bonds. The molecule has 84 valence electrons. The fourth-order valence-electron chi connectivity index (χ4n) is 1.80. The third kappa shape index (κ3) is 1.33. The van der Waals surface area contributed by atoms with Gasteiger partial charge in [-0.2, -0.15) is 0 Å². The summed E-state index contributed by atoms with van der Waals surface area (Å²) < 4.78 is 0. The first-order valence-electron chi connectivity index (χ1n) is 4.62. The maximum absolute atomic E-state index is 10.8. The largest absolute Gasteiger partial charge is 0.508 e. The van der Waals surface area contributed by atoms with Crippen molar-refractivity contribution in [3.8, 4) is 11.5 Å². The summed E-state index contributed by atoms with van der Waals surface area (Å²) in [5.74, 6) is -0.894. The molecular formula is C11H10O5. The highest BCUT2D eigenvalue weighted by atomic mass is 16.3. The van der Waals surface area contributed by atoms with Gasteiger partial charge in [0.15, 0.2) is 6.29 Å². The van der Waals surface area contributed by atoms with Crippen molar-refractivity contribution >= 4 is 12.0 Å². The van der Waals surface area contributed by atoms with Crippen LogP contribution in [0.15, 0.2) is 18.2 Å². The average Bonchev–Trinajstić information content (AvgIpc) is 2.23. The first kappa shape index (κ1) is 10.5. The molecule has 0 aliphatic heterocycles. The zero-order chi connectivity index (χ0) is 11.9. The Labute approximate surface area is 90.9 Å². The molecule has 16 heavy (non-hydrogen) atoms. The van der Waals surface area contributed by atoms with E-state index in [1.165, 1.54) is 6.08 Å². The van der Waals surface area contributed by atoms with Gasteiger partial charge in [0, 0.05) is 18.1 Å². The summed E-state index contributed by atoms with van der Waals surface area (Å²) in [5, 5.41) is 38.3. The minimum Gasteiger partial charge on any atom is -0.508 e. The van der Waals surface area contributed by atoms with E-state index in [-0.39, 0.29) is 34.8 Å². The molecule has 0 saturated carbocycles. The van der Waals surface area contributed by atoms with Gasteiger partial charge >= 0.3 is 0 Å². The van der Waals surface area contributed by atoms with Crippen molar-refractivity contribution in [2.24, 2.45) is 0 Å². The second-order valence-electron chi connectivity index (χ2n) is 3.72. The molecule has 0 radical (unpaired) electrons. The van der Waals surface area contributed by atoms with Gasteiger partial charge in [0.25, 0.3) is 0 Å². The SMILES string of the molecule is O=CC1(O)CC=C(O)c2c(O)cc(O)cc21. The van der Waals surface area contributed by atoms with Gasteiger partial charge in [-0.25, -0.2) is 0 Å². The van der Waals surface area contributed by atoms with Gasteiger partial charge < -0.3 is 20.4 Å². The van der Waals surface area contributed by atoms with Crippen molar-refractivity contribution in [3.05, 3.63) is 29.3 Å². The van der Waals surface area contributed by atoms with Crippen molar-refractivity contribution in [3.63, 3.8) is 0 Å². The topological polar surface area (TPSA) is 98.0 Å². The molecular weight excluding hydrogens is 212 g/mol. The molecule has 0 bridgehead atoms. The summed E-state index contributed by atoms with van der Waals surface area (Å²) in [6, 6.07) is 2.17. The number of rotatable bonds is 1. The molecule has 5 heteroatoms. The first-order chi connectivity index (χ1) is 7.48. The van der Waals surface area contributed by atoms with Crippen LogP contribution in [0, 0.1) is 0 Å². The van der Waals surface area contributed by atoms with E-state index in [9.17, 15) is 25.2 Å². The predicted octanol–water partition coefficient (Wildman–Crippen LogP) is 0.787. The number of aldehydes is 1. The molecule has 0 aromatic heterocycles. The number of benzene rings is 1. The number of phenols is 2. The van der Waals surface area contributed by atoms with Crippen LogP contribution >= 0.6 is 0 Å².